The van der Waals surface area contributed by atoms with Crippen molar-refractivity contribution in [1.82, 2.24) is 0 Å². The summed E-state index contributed by atoms with van der Waals surface area (Å²) in [7, 11) is -9.56. The Morgan fingerprint density at radius 2 is 1.06 bits per heavy atom. The van der Waals surface area contributed by atoms with Gasteiger partial charge in [0.25, 0.3) is 20.2 Å². The minimum absolute atomic E-state index is 0.425. The Morgan fingerprint density at radius 1 is 0.714 bits per heavy atom. The molecule has 4 heterocycles. The molecule has 0 saturated carbocycles. The molecule has 0 amide bonds. The lowest BCUT2D eigenvalue weighted by Gasteiger charge is -2.28. The first-order valence-corrected chi connectivity index (χ1v) is 14.9. The van der Waals surface area contributed by atoms with E-state index in [0.717, 1.165) is 11.8 Å². The molecule has 4 aliphatic heterocycles. The summed E-state index contributed by atoms with van der Waals surface area (Å²) < 4.78 is 101. The van der Waals surface area contributed by atoms with Crippen LogP contribution in [0.25, 0.3) is 0 Å². The van der Waals surface area contributed by atoms with E-state index in [0.29, 0.717) is 0 Å². The molecular formula is C18H30O14S3. The number of aliphatic hydroxyl groups excluding tert-OH is 2. The number of fused-ring (bicyclic) bond motifs is 2. The van der Waals surface area contributed by atoms with Crippen LogP contribution in [0.1, 0.15) is 27.7 Å². The van der Waals surface area contributed by atoms with E-state index in [4.69, 9.17) is 28.4 Å². The van der Waals surface area contributed by atoms with Crippen molar-refractivity contribution in [2.24, 2.45) is 0 Å². The molecule has 17 heteroatoms. The second-order valence-electron chi connectivity index (χ2n) is 9.76. The first-order valence-electron chi connectivity index (χ1n) is 10.8. The lowest BCUT2D eigenvalue weighted by atomic mass is 10.1. The minimum atomic E-state index is -4.78. The maximum absolute atomic E-state index is 12.1. The van der Waals surface area contributed by atoms with Gasteiger partial charge in [-0.05, 0) is 27.7 Å². The fourth-order valence-corrected chi connectivity index (χ4v) is 8.71. The molecule has 14 nitrogen and oxygen atoms in total. The van der Waals surface area contributed by atoms with Crippen LogP contribution in [0.4, 0.5) is 0 Å². The van der Waals surface area contributed by atoms with Gasteiger partial charge in [-0.1, -0.05) is 0 Å². The highest BCUT2D eigenvalue weighted by molar-refractivity contribution is 8.01. The molecule has 35 heavy (non-hydrogen) atoms. The van der Waals surface area contributed by atoms with Crippen LogP contribution in [0.3, 0.4) is 0 Å². The number of hydrogen-bond acceptors (Lipinski definition) is 13. The smallest absolute Gasteiger partial charge is 0.271 e. The van der Waals surface area contributed by atoms with Crippen molar-refractivity contribution >= 4 is 32.0 Å². The van der Waals surface area contributed by atoms with Crippen LogP contribution in [0.5, 0.6) is 0 Å². The first-order chi connectivity index (χ1) is 15.9. The number of thioether (sulfide) groups is 1. The van der Waals surface area contributed by atoms with Crippen LogP contribution in [-0.2, 0) is 48.7 Å². The van der Waals surface area contributed by atoms with Crippen molar-refractivity contribution < 1.29 is 64.6 Å². The van der Waals surface area contributed by atoms with Gasteiger partial charge in [-0.25, -0.2) is 0 Å². The molecule has 0 spiro atoms. The van der Waals surface area contributed by atoms with E-state index < -0.39 is 103 Å². The summed E-state index contributed by atoms with van der Waals surface area (Å²) in [6, 6.07) is 0. The summed E-state index contributed by atoms with van der Waals surface area (Å²) >= 11 is 0.733. The largest absolute Gasteiger partial charge is 0.387 e. The summed E-state index contributed by atoms with van der Waals surface area (Å²) in [5.41, 5.74) is 0. The summed E-state index contributed by atoms with van der Waals surface area (Å²) in [5.74, 6) is -2.97. The maximum Gasteiger partial charge on any atom is 0.271 e. The molecule has 10 atom stereocenters. The van der Waals surface area contributed by atoms with E-state index in [1.54, 1.807) is 27.7 Å². The van der Waals surface area contributed by atoms with Crippen molar-refractivity contribution in [3.05, 3.63) is 0 Å². The van der Waals surface area contributed by atoms with Gasteiger partial charge < -0.3 is 38.6 Å². The van der Waals surface area contributed by atoms with Gasteiger partial charge in [0.15, 0.2) is 24.2 Å². The number of aliphatic hydroxyl groups is 2. The van der Waals surface area contributed by atoms with Crippen molar-refractivity contribution in [2.75, 3.05) is 11.5 Å². The van der Waals surface area contributed by atoms with E-state index in [9.17, 15) is 36.2 Å². The normalized spacial score (nSPS) is 42.1. The molecule has 0 bridgehead atoms. The lowest BCUT2D eigenvalue weighted by molar-refractivity contribution is -0.214. The van der Waals surface area contributed by atoms with Crippen molar-refractivity contribution in [3.63, 3.8) is 0 Å². The Balaban J connectivity index is 1.43. The summed E-state index contributed by atoms with van der Waals surface area (Å²) in [5, 5.41) is 17.8. The van der Waals surface area contributed by atoms with Gasteiger partial charge in [-0.3, -0.25) is 9.11 Å². The molecule has 4 fully saturated rings. The zero-order valence-electron chi connectivity index (χ0n) is 19.3. The van der Waals surface area contributed by atoms with Gasteiger partial charge in [0.1, 0.15) is 47.1 Å². The van der Waals surface area contributed by atoms with Gasteiger partial charge in [-0.2, -0.15) is 28.6 Å². The van der Waals surface area contributed by atoms with Gasteiger partial charge in [0.05, 0.1) is 0 Å². The predicted octanol–water partition coefficient (Wildman–Crippen LogP) is -1.29. The van der Waals surface area contributed by atoms with Gasteiger partial charge in [-0.15, -0.1) is 0 Å². The Kier molecular flexibility index (Phi) is 7.36. The first kappa shape index (κ1) is 27.9. The molecule has 0 aliphatic carbocycles. The quantitative estimate of drug-likeness (QED) is 0.252. The van der Waals surface area contributed by atoms with Crippen LogP contribution in [0.2, 0.25) is 0 Å². The second kappa shape index (κ2) is 9.25. The molecule has 4 rings (SSSR count). The molecule has 0 radical (unpaired) electrons. The average Bonchev–Trinajstić information content (AvgIpc) is 3.32. The lowest BCUT2D eigenvalue weighted by Crippen LogP contribution is -2.47. The molecule has 0 unspecified atom stereocenters. The van der Waals surface area contributed by atoms with Crippen molar-refractivity contribution in [1.29, 1.82) is 0 Å². The summed E-state index contributed by atoms with van der Waals surface area (Å²) in [4.78, 5) is 0. The highest BCUT2D eigenvalue weighted by Gasteiger charge is 2.59. The van der Waals surface area contributed by atoms with Crippen LogP contribution in [0.15, 0.2) is 0 Å². The SMILES string of the molecule is CC1(C)O[C@H]2O[C@H]([C@@H](CSC[C@H]([C@H]3O[C@@H]4OC(C)(C)O[C@@H]4[C@H]3O)S(=O)(=O)O)S(=O)(=O)O)[C@H](O)[C@H]2O1. The molecule has 0 aromatic carbocycles. The van der Waals surface area contributed by atoms with Crippen LogP contribution >= 0.6 is 11.8 Å². The number of rotatable bonds is 8. The molecule has 0 aromatic heterocycles. The van der Waals surface area contributed by atoms with E-state index in [1.165, 1.54) is 0 Å². The fraction of sp³-hybridized carbons (Fsp3) is 1.00. The molecular weight excluding hydrogens is 536 g/mol. The fourth-order valence-electron chi connectivity index (χ4n) is 4.65. The topological polar surface area (TPSA) is 205 Å². The standard InChI is InChI=1S/C18H30O14S3/c1-17(2)29-13-9(19)11(27-15(13)31-17)7(34(21,22)23)5-33-6-8(35(24,25)26)12-10(20)14-16(28-12)32-18(3,4)30-14/h7-16,19-20H,5-6H2,1-4H3,(H,21,22,23)(H,24,25,26)/t7-,8-,9+,10+,11-,12-,13-,14-,15-,16-/m1/s1. The Bertz CT molecular complexity index is 933. The maximum atomic E-state index is 12.1. The highest BCUT2D eigenvalue weighted by atomic mass is 32.2. The third kappa shape index (κ3) is 5.67. The van der Waals surface area contributed by atoms with Gasteiger partial charge in [0, 0.05) is 11.5 Å². The monoisotopic (exact) mass is 566 g/mol. The molecule has 4 N–H and O–H groups in total. The van der Waals surface area contributed by atoms with Crippen LogP contribution < -0.4 is 0 Å². The minimum Gasteiger partial charge on any atom is -0.387 e. The van der Waals surface area contributed by atoms with Crippen LogP contribution in [-0.4, -0.2) is 119 Å². The van der Waals surface area contributed by atoms with Crippen molar-refractivity contribution in [2.45, 2.75) is 99.0 Å². The van der Waals surface area contributed by atoms with Crippen molar-refractivity contribution in [3.8, 4) is 0 Å². The molecule has 204 valence electrons. The van der Waals surface area contributed by atoms with E-state index in [2.05, 4.69) is 0 Å². The van der Waals surface area contributed by atoms with E-state index in [1.807, 2.05) is 0 Å². The molecule has 4 saturated heterocycles. The average molecular weight is 567 g/mol. The predicted molar refractivity (Wildman–Crippen MR) is 117 cm³/mol. The third-order valence-electron chi connectivity index (χ3n) is 6.17. The highest BCUT2D eigenvalue weighted by Crippen LogP contribution is 2.41. The Labute approximate surface area is 207 Å². The summed E-state index contributed by atoms with van der Waals surface area (Å²) in [6.45, 7) is 6.36. The zero-order chi connectivity index (χ0) is 26.1. The second-order valence-corrected chi connectivity index (χ2v) is 14.1. The molecule has 4 aliphatic rings. The van der Waals surface area contributed by atoms with Crippen LogP contribution in [0, 0.1) is 0 Å². The molecule has 0 aromatic rings. The third-order valence-corrected chi connectivity index (χ3v) is 10.2. The Hall–Kier alpha value is -0.150. The Morgan fingerprint density at radius 3 is 1.34 bits per heavy atom. The zero-order valence-corrected chi connectivity index (χ0v) is 21.7. The number of hydrogen-bond donors (Lipinski definition) is 4. The van der Waals surface area contributed by atoms with Gasteiger partial charge in [0.2, 0.25) is 0 Å². The van der Waals surface area contributed by atoms with Gasteiger partial charge >= 0.3 is 0 Å². The number of ether oxygens (including phenoxy) is 6. The summed E-state index contributed by atoms with van der Waals surface area (Å²) in [6.07, 6.45) is -9.85. The van der Waals surface area contributed by atoms with E-state index in [-0.39, 0.29) is 0 Å². The van der Waals surface area contributed by atoms with E-state index >= 15 is 0 Å².